The molecule has 0 atom stereocenters. The van der Waals surface area contributed by atoms with Gasteiger partial charge in [-0.2, -0.15) is 11.3 Å². The zero-order valence-electron chi connectivity index (χ0n) is 9.35. The average Bonchev–Trinajstić information content (AvgIpc) is 2.81. The van der Waals surface area contributed by atoms with Gasteiger partial charge < -0.3 is 11.1 Å². The molecule has 0 unspecified atom stereocenters. The summed E-state index contributed by atoms with van der Waals surface area (Å²) in [6.45, 7) is 0.545. The van der Waals surface area contributed by atoms with E-state index in [1.165, 1.54) is 0 Å². The Morgan fingerprint density at radius 2 is 1.94 bits per heavy atom. The highest BCUT2D eigenvalue weighted by molar-refractivity contribution is 7.07. The number of nitrogen functional groups attached to an aromatic ring is 1. The average molecular weight is 246 g/mol. The summed E-state index contributed by atoms with van der Waals surface area (Å²) in [5.41, 5.74) is 8.43. The summed E-state index contributed by atoms with van der Waals surface area (Å²) >= 11 is 1.60. The first-order valence-corrected chi connectivity index (χ1v) is 6.30. The Balaban J connectivity index is 1.82. The largest absolute Gasteiger partial charge is 0.399 e. The molecule has 1 aromatic carbocycles. The maximum absolute atomic E-state index is 11.6. The predicted octanol–water partition coefficient (Wildman–Crippen LogP) is 2.19. The smallest absolute Gasteiger partial charge is 0.224 e. The molecule has 1 heterocycles. The first-order chi connectivity index (χ1) is 8.24. The van der Waals surface area contributed by atoms with Crippen LogP contribution in [0.5, 0.6) is 0 Å². The highest BCUT2D eigenvalue weighted by Gasteiger charge is 2.03. The fourth-order valence-electron chi connectivity index (χ4n) is 1.48. The number of rotatable bonds is 4. The van der Waals surface area contributed by atoms with Crippen LogP contribution in [0.15, 0.2) is 41.1 Å². The van der Waals surface area contributed by atoms with Gasteiger partial charge in [-0.1, -0.05) is 12.1 Å². The van der Waals surface area contributed by atoms with E-state index in [4.69, 9.17) is 5.73 Å². The van der Waals surface area contributed by atoms with Crippen LogP contribution >= 0.6 is 11.3 Å². The van der Waals surface area contributed by atoms with Crippen LogP contribution in [0, 0.1) is 0 Å². The maximum Gasteiger partial charge on any atom is 0.224 e. The van der Waals surface area contributed by atoms with Crippen LogP contribution < -0.4 is 11.1 Å². The first kappa shape index (κ1) is 11.7. The van der Waals surface area contributed by atoms with Crippen LogP contribution in [0.4, 0.5) is 5.69 Å². The molecule has 3 N–H and O–H groups in total. The number of benzene rings is 1. The lowest BCUT2D eigenvalue weighted by atomic mass is 10.2. The minimum absolute atomic E-state index is 0.0419. The predicted molar refractivity (Wildman–Crippen MR) is 70.7 cm³/mol. The van der Waals surface area contributed by atoms with Gasteiger partial charge in [0.1, 0.15) is 0 Å². The quantitative estimate of drug-likeness (QED) is 0.812. The van der Waals surface area contributed by atoms with Crippen molar-refractivity contribution in [2.75, 3.05) is 5.73 Å². The van der Waals surface area contributed by atoms with Gasteiger partial charge in [0.05, 0.1) is 6.42 Å². The van der Waals surface area contributed by atoms with E-state index in [0.717, 1.165) is 16.8 Å². The fourth-order valence-corrected chi connectivity index (χ4v) is 2.15. The zero-order valence-corrected chi connectivity index (χ0v) is 10.2. The first-order valence-electron chi connectivity index (χ1n) is 5.36. The third kappa shape index (κ3) is 3.60. The summed E-state index contributed by atoms with van der Waals surface area (Å²) in [5.74, 6) is 0.0419. The van der Waals surface area contributed by atoms with Gasteiger partial charge in [0.2, 0.25) is 5.91 Å². The van der Waals surface area contributed by atoms with Crippen molar-refractivity contribution in [2.24, 2.45) is 0 Å². The van der Waals surface area contributed by atoms with Gasteiger partial charge in [-0.15, -0.1) is 0 Å². The molecule has 0 aliphatic carbocycles. The minimum Gasteiger partial charge on any atom is -0.399 e. The highest BCUT2D eigenvalue weighted by atomic mass is 32.1. The zero-order chi connectivity index (χ0) is 12.1. The monoisotopic (exact) mass is 246 g/mol. The van der Waals surface area contributed by atoms with Gasteiger partial charge >= 0.3 is 0 Å². The summed E-state index contributed by atoms with van der Waals surface area (Å²) in [6, 6.07) is 9.47. The highest BCUT2D eigenvalue weighted by Crippen LogP contribution is 2.07. The molecule has 0 spiro atoms. The molecular weight excluding hydrogens is 232 g/mol. The molecular formula is C13H14N2OS. The van der Waals surface area contributed by atoms with Crippen LogP contribution in [0.3, 0.4) is 0 Å². The molecule has 0 fully saturated rings. The van der Waals surface area contributed by atoms with Crippen molar-refractivity contribution in [1.82, 2.24) is 5.32 Å². The fraction of sp³-hybridized carbons (Fsp3) is 0.154. The molecule has 17 heavy (non-hydrogen) atoms. The molecule has 1 aromatic heterocycles. The Morgan fingerprint density at radius 1 is 1.18 bits per heavy atom. The number of hydrogen-bond donors (Lipinski definition) is 2. The lowest BCUT2D eigenvalue weighted by Crippen LogP contribution is -2.24. The molecule has 88 valence electrons. The topological polar surface area (TPSA) is 55.1 Å². The lowest BCUT2D eigenvalue weighted by molar-refractivity contribution is -0.120. The molecule has 0 saturated carbocycles. The summed E-state index contributed by atoms with van der Waals surface area (Å²) < 4.78 is 0. The van der Waals surface area contributed by atoms with Gasteiger partial charge in [-0.25, -0.2) is 0 Å². The Bertz CT molecular complexity index is 477. The molecule has 0 saturated heterocycles. The van der Waals surface area contributed by atoms with Crippen molar-refractivity contribution < 1.29 is 4.79 Å². The van der Waals surface area contributed by atoms with Crippen LogP contribution in [0.25, 0.3) is 0 Å². The van der Waals surface area contributed by atoms with E-state index in [0.29, 0.717) is 13.0 Å². The second-order valence-electron chi connectivity index (χ2n) is 3.83. The van der Waals surface area contributed by atoms with E-state index < -0.39 is 0 Å². The number of carbonyl (C=O) groups excluding carboxylic acids is 1. The number of nitrogens with one attached hydrogen (secondary N) is 1. The van der Waals surface area contributed by atoms with Gasteiger partial charge in [0.15, 0.2) is 0 Å². The van der Waals surface area contributed by atoms with Crippen LogP contribution in [0.2, 0.25) is 0 Å². The van der Waals surface area contributed by atoms with Crippen molar-refractivity contribution in [2.45, 2.75) is 13.0 Å². The second-order valence-corrected chi connectivity index (χ2v) is 4.61. The molecule has 0 aliphatic rings. The Labute approximate surface area is 104 Å². The van der Waals surface area contributed by atoms with Gasteiger partial charge in [-0.05, 0) is 40.1 Å². The summed E-state index contributed by atoms with van der Waals surface area (Å²) in [5, 5.41) is 6.85. The summed E-state index contributed by atoms with van der Waals surface area (Å²) in [4.78, 5) is 11.6. The molecule has 0 radical (unpaired) electrons. The van der Waals surface area contributed by atoms with E-state index in [1.807, 2.05) is 41.1 Å². The molecule has 2 aromatic rings. The number of thiophene rings is 1. The van der Waals surface area contributed by atoms with E-state index in [-0.39, 0.29) is 5.91 Å². The summed E-state index contributed by atoms with van der Waals surface area (Å²) in [7, 11) is 0. The van der Waals surface area contributed by atoms with Crippen LogP contribution in [0.1, 0.15) is 11.1 Å². The van der Waals surface area contributed by atoms with E-state index >= 15 is 0 Å². The number of nitrogens with two attached hydrogens (primary N) is 1. The van der Waals surface area contributed by atoms with Crippen molar-refractivity contribution in [1.29, 1.82) is 0 Å². The molecule has 0 bridgehead atoms. The number of amides is 1. The third-order valence-corrected chi connectivity index (χ3v) is 3.15. The maximum atomic E-state index is 11.6. The minimum atomic E-state index is 0.0419. The van der Waals surface area contributed by atoms with E-state index in [1.54, 1.807) is 11.3 Å². The normalized spacial score (nSPS) is 10.1. The molecule has 0 aliphatic heterocycles. The van der Waals surface area contributed by atoms with Crippen LogP contribution in [-0.2, 0) is 17.8 Å². The van der Waals surface area contributed by atoms with Crippen molar-refractivity contribution >= 4 is 22.9 Å². The SMILES string of the molecule is Nc1ccc(CNC(=O)Cc2ccsc2)cc1. The standard InChI is InChI=1S/C13H14N2OS/c14-12-3-1-10(2-4-12)8-15-13(16)7-11-5-6-17-9-11/h1-6,9H,7-8,14H2,(H,15,16). The Hall–Kier alpha value is -1.81. The van der Waals surface area contributed by atoms with Gasteiger partial charge in [-0.3, -0.25) is 4.79 Å². The lowest BCUT2D eigenvalue weighted by Gasteiger charge is -2.04. The Kier molecular flexibility index (Phi) is 3.77. The number of carbonyl (C=O) groups is 1. The van der Waals surface area contributed by atoms with E-state index in [9.17, 15) is 4.79 Å². The van der Waals surface area contributed by atoms with Gasteiger partial charge in [0, 0.05) is 12.2 Å². The summed E-state index contributed by atoms with van der Waals surface area (Å²) in [6.07, 6.45) is 0.443. The Morgan fingerprint density at radius 3 is 2.59 bits per heavy atom. The second kappa shape index (κ2) is 5.50. The molecule has 1 amide bonds. The molecule has 4 heteroatoms. The number of anilines is 1. The number of hydrogen-bond acceptors (Lipinski definition) is 3. The van der Waals surface area contributed by atoms with Crippen LogP contribution in [-0.4, -0.2) is 5.91 Å². The van der Waals surface area contributed by atoms with Gasteiger partial charge in [0.25, 0.3) is 0 Å². The van der Waals surface area contributed by atoms with Crippen molar-refractivity contribution in [3.8, 4) is 0 Å². The molecule has 2 rings (SSSR count). The van der Waals surface area contributed by atoms with Crippen molar-refractivity contribution in [3.63, 3.8) is 0 Å². The van der Waals surface area contributed by atoms with Crippen molar-refractivity contribution in [3.05, 3.63) is 52.2 Å². The van der Waals surface area contributed by atoms with E-state index in [2.05, 4.69) is 5.32 Å². The third-order valence-electron chi connectivity index (χ3n) is 2.41. The molecule has 3 nitrogen and oxygen atoms in total.